The Kier molecular flexibility index (Phi) is 4.78. The van der Waals surface area contributed by atoms with E-state index in [0.717, 1.165) is 17.7 Å². The fourth-order valence-electron chi connectivity index (χ4n) is 2.57. The van der Waals surface area contributed by atoms with Crippen LogP contribution in [-0.2, 0) is 17.4 Å². The highest BCUT2D eigenvalue weighted by Gasteiger charge is 2.33. The summed E-state index contributed by atoms with van der Waals surface area (Å²) in [6, 6.07) is 7.38. The molecule has 1 heterocycles. The smallest absolute Gasteiger partial charge is 0.326 e. The van der Waals surface area contributed by atoms with E-state index in [0.29, 0.717) is 24.2 Å². The molecule has 3 rings (SSSR count). The van der Waals surface area contributed by atoms with Crippen molar-refractivity contribution in [3.63, 3.8) is 0 Å². The van der Waals surface area contributed by atoms with E-state index in [-0.39, 0.29) is 11.6 Å². The van der Waals surface area contributed by atoms with Crippen LogP contribution < -0.4 is 16.0 Å². The Balaban J connectivity index is 1.71. The van der Waals surface area contributed by atoms with E-state index in [9.17, 15) is 22.8 Å². The van der Waals surface area contributed by atoms with Crippen molar-refractivity contribution in [2.24, 2.45) is 0 Å². The minimum Gasteiger partial charge on any atom is -0.326 e. The van der Waals surface area contributed by atoms with Gasteiger partial charge in [-0.3, -0.25) is 4.79 Å². The molecular formula is C17H13ClF3N3O2. The summed E-state index contributed by atoms with van der Waals surface area (Å²) < 4.78 is 38.6. The Morgan fingerprint density at radius 1 is 1.04 bits per heavy atom. The number of rotatable bonds is 2. The lowest BCUT2D eigenvalue weighted by atomic mass is 10.0. The Bertz CT molecular complexity index is 884. The van der Waals surface area contributed by atoms with Gasteiger partial charge in [-0.2, -0.15) is 13.2 Å². The largest absolute Gasteiger partial charge is 0.417 e. The zero-order valence-electron chi connectivity index (χ0n) is 13.2. The molecular weight excluding hydrogens is 371 g/mol. The fraction of sp³-hybridized carbons (Fsp3) is 0.176. The third-order valence-electron chi connectivity index (χ3n) is 3.79. The van der Waals surface area contributed by atoms with E-state index in [1.54, 1.807) is 18.2 Å². The van der Waals surface area contributed by atoms with Crippen LogP contribution >= 0.6 is 11.6 Å². The van der Waals surface area contributed by atoms with E-state index in [1.165, 1.54) is 6.07 Å². The maximum absolute atomic E-state index is 12.9. The Labute approximate surface area is 151 Å². The van der Waals surface area contributed by atoms with Gasteiger partial charge in [0.15, 0.2) is 0 Å². The zero-order valence-corrected chi connectivity index (χ0v) is 14.0. The first-order valence-corrected chi connectivity index (χ1v) is 7.98. The molecule has 1 aliphatic heterocycles. The normalized spacial score (nSPS) is 13.6. The number of anilines is 3. The van der Waals surface area contributed by atoms with Gasteiger partial charge >= 0.3 is 12.2 Å². The van der Waals surface area contributed by atoms with Crippen molar-refractivity contribution in [3.05, 3.63) is 52.5 Å². The van der Waals surface area contributed by atoms with Crippen molar-refractivity contribution < 1.29 is 22.8 Å². The van der Waals surface area contributed by atoms with Gasteiger partial charge in [0.25, 0.3) is 0 Å². The summed E-state index contributed by atoms with van der Waals surface area (Å²) >= 11 is 5.55. The number of carbonyl (C=O) groups excluding carboxylic acids is 2. The topological polar surface area (TPSA) is 70.2 Å². The van der Waals surface area contributed by atoms with Gasteiger partial charge in [-0.05, 0) is 48.4 Å². The molecule has 26 heavy (non-hydrogen) atoms. The second-order valence-electron chi connectivity index (χ2n) is 5.69. The monoisotopic (exact) mass is 383 g/mol. The molecule has 0 aliphatic carbocycles. The van der Waals surface area contributed by atoms with Gasteiger partial charge in [-0.1, -0.05) is 11.6 Å². The first-order chi connectivity index (χ1) is 12.2. The average Bonchev–Trinajstić information content (AvgIpc) is 2.55. The van der Waals surface area contributed by atoms with Gasteiger partial charge in [0.05, 0.1) is 10.6 Å². The van der Waals surface area contributed by atoms with Gasteiger partial charge in [0, 0.05) is 23.5 Å². The first-order valence-electron chi connectivity index (χ1n) is 7.60. The van der Waals surface area contributed by atoms with E-state index < -0.39 is 22.8 Å². The number of nitrogens with one attached hydrogen (secondary N) is 3. The van der Waals surface area contributed by atoms with Gasteiger partial charge in [0.2, 0.25) is 5.91 Å². The lowest BCUT2D eigenvalue weighted by Crippen LogP contribution is -2.21. The number of amides is 3. The quantitative estimate of drug-likeness (QED) is 0.691. The Hall–Kier alpha value is -2.74. The second kappa shape index (κ2) is 6.87. The average molecular weight is 384 g/mol. The molecule has 0 fully saturated rings. The van der Waals surface area contributed by atoms with Crippen molar-refractivity contribution in [3.8, 4) is 0 Å². The number of carbonyl (C=O) groups is 2. The highest BCUT2D eigenvalue weighted by Crippen LogP contribution is 2.36. The predicted octanol–water partition coefficient (Wildman–Crippen LogP) is 4.89. The number of hydrogen-bond acceptors (Lipinski definition) is 2. The van der Waals surface area contributed by atoms with Crippen LogP contribution in [0.15, 0.2) is 36.4 Å². The third kappa shape index (κ3) is 4.08. The van der Waals surface area contributed by atoms with E-state index >= 15 is 0 Å². The number of halogens is 4. The van der Waals surface area contributed by atoms with Gasteiger partial charge in [-0.15, -0.1) is 0 Å². The number of aryl methyl sites for hydroxylation is 1. The van der Waals surface area contributed by atoms with E-state index in [1.807, 2.05) is 0 Å². The number of benzene rings is 2. The predicted molar refractivity (Wildman–Crippen MR) is 92.5 cm³/mol. The van der Waals surface area contributed by atoms with Crippen molar-refractivity contribution in [2.45, 2.75) is 19.0 Å². The number of hydrogen-bond donors (Lipinski definition) is 3. The number of fused-ring (bicyclic) bond motifs is 1. The lowest BCUT2D eigenvalue weighted by molar-refractivity contribution is -0.137. The summed E-state index contributed by atoms with van der Waals surface area (Å²) in [7, 11) is 0. The van der Waals surface area contributed by atoms with Crippen LogP contribution in [0.1, 0.15) is 17.5 Å². The molecule has 5 nitrogen and oxygen atoms in total. The molecule has 3 amide bonds. The minimum absolute atomic E-state index is 0.0375. The molecule has 2 aromatic carbocycles. The molecule has 0 radical (unpaired) electrons. The summed E-state index contributed by atoms with van der Waals surface area (Å²) in [6.45, 7) is 0. The van der Waals surface area contributed by atoms with Crippen LogP contribution in [0.5, 0.6) is 0 Å². The molecule has 0 aromatic heterocycles. The molecule has 0 bridgehead atoms. The van der Waals surface area contributed by atoms with Crippen LogP contribution in [0.25, 0.3) is 0 Å². The lowest BCUT2D eigenvalue weighted by Gasteiger charge is -2.18. The van der Waals surface area contributed by atoms with E-state index in [4.69, 9.17) is 11.6 Å². The van der Waals surface area contributed by atoms with Crippen LogP contribution in [0.3, 0.4) is 0 Å². The third-order valence-corrected chi connectivity index (χ3v) is 4.12. The van der Waals surface area contributed by atoms with Crippen molar-refractivity contribution in [1.82, 2.24) is 0 Å². The molecule has 136 valence electrons. The Morgan fingerprint density at radius 2 is 1.69 bits per heavy atom. The zero-order chi connectivity index (χ0) is 18.9. The number of urea groups is 1. The molecule has 9 heteroatoms. The molecule has 0 spiro atoms. The first kappa shape index (κ1) is 18.1. The highest BCUT2D eigenvalue weighted by atomic mass is 35.5. The summed E-state index contributed by atoms with van der Waals surface area (Å²) in [5, 5.41) is 7.16. The molecule has 0 atom stereocenters. The summed E-state index contributed by atoms with van der Waals surface area (Å²) in [5.74, 6) is -0.0702. The SMILES string of the molecule is O=C1CCc2cc(NC(=O)Nc3ccc(Cl)c(C(F)(F)F)c3)ccc2N1. The molecule has 3 N–H and O–H groups in total. The van der Waals surface area contributed by atoms with Crippen LogP contribution in [0.2, 0.25) is 5.02 Å². The molecule has 2 aromatic rings. The summed E-state index contributed by atoms with van der Waals surface area (Å²) in [6.07, 6.45) is -3.72. The maximum Gasteiger partial charge on any atom is 0.417 e. The second-order valence-corrected chi connectivity index (χ2v) is 6.10. The maximum atomic E-state index is 12.9. The van der Waals surface area contributed by atoms with Crippen LogP contribution in [-0.4, -0.2) is 11.9 Å². The van der Waals surface area contributed by atoms with Crippen molar-refractivity contribution in [1.29, 1.82) is 0 Å². The van der Waals surface area contributed by atoms with E-state index in [2.05, 4.69) is 16.0 Å². The van der Waals surface area contributed by atoms with Gasteiger partial charge in [0.1, 0.15) is 0 Å². The summed E-state index contributed by atoms with van der Waals surface area (Å²) in [4.78, 5) is 23.4. The van der Waals surface area contributed by atoms with Crippen LogP contribution in [0.4, 0.5) is 35.0 Å². The minimum atomic E-state index is -4.62. The number of alkyl halides is 3. The van der Waals surface area contributed by atoms with Gasteiger partial charge < -0.3 is 16.0 Å². The van der Waals surface area contributed by atoms with Gasteiger partial charge in [-0.25, -0.2) is 4.79 Å². The molecule has 0 unspecified atom stereocenters. The highest BCUT2D eigenvalue weighted by molar-refractivity contribution is 6.31. The van der Waals surface area contributed by atoms with Crippen molar-refractivity contribution in [2.75, 3.05) is 16.0 Å². The molecule has 1 aliphatic rings. The fourth-order valence-corrected chi connectivity index (χ4v) is 2.80. The Morgan fingerprint density at radius 3 is 2.38 bits per heavy atom. The van der Waals surface area contributed by atoms with Crippen molar-refractivity contribution >= 4 is 40.6 Å². The standard InChI is InChI=1S/C17H13ClF3N3O2/c18-13-4-2-11(8-12(13)17(19,20)21)23-16(26)22-10-3-5-14-9(7-10)1-6-15(25)24-14/h2-5,7-8H,1,6H2,(H,24,25)(H2,22,23,26). The van der Waals surface area contributed by atoms with Crippen LogP contribution in [0, 0.1) is 0 Å². The molecule has 0 saturated heterocycles. The molecule has 0 saturated carbocycles. The summed E-state index contributed by atoms with van der Waals surface area (Å²) in [5.41, 5.74) is 0.946.